The van der Waals surface area contributed by atoms with E-state index in [-0.39, 0.29) is 17.6 Å². The average molecular weight is 518 g/mol. The third kappa shape index (κ3) is 4.86. The minimum Gasteiger partial charge on any atom is -0.496 e. The van der Waals surface area contributed by atoms with Crippen LogP contribution >= 0.6 is 22.6 Å². The van der Waals surface area contributed by atoms with Crippen LogP contribution in [0, 0.1) is 0 Å². The van der Waals surface area contributed by atoms with Gasteiger partial charge in [-0.2, -0.15) is 0 Å². The van der Waals surface area contributed by atoms with Crippen molar-refractivity contribution in [2.24, 2.45) is 0 Å². The van der Waals surface area contributed by atoms with Gasteiger partial charge in [0, 0.05) is 21.6 Å². The Labute approximate surface area is 191 Å². The zero-order chi connectivity index (χ0) is 21.8. The van der Waals surface area contributed by atoms with Crippen molar-refractivity contribution in [3.8, 4) is 16.9 Å². The van der Waals surface area contributed by atoms with Crippen LogP contribution in [0.2, 0.25) is 0 Å². The molecule has 0 radical (unpaired) electrons. The summed E-state index contributed by atoms with van der Waals surface area (Å²) in [6.45, 7) is 7.49. The molecule has 2 aromatic rings. The van der Waals surface area contributed by atoms with Crippen LogP contribution in [0.5, 0.6) is 5.75 Å². The molecule has 1 aliphatic heterocycles. The largest absolute Gasteiger partial charge is 0.496 e. The highest BCUT2D eigenvalue weighted by Gasteiger charge is 2.25. The number of carbonyl (C=O) groups excluding carboxylic acids is 2. The van der Waals surface area contributed by atoms with E-state index in [9.17, 15) is 9.59 Å². The third-order valence-corrected chi connectivity index (χ3v) is 6.36. The molecule has 0 saturated heterocycles. The molecule has 0 saturated carbocycles. The quantitative estimate of drug-likeness (QED) is 0.477. The number of benzene rings is 2. The minimum atomic E-state index is -0.582. The Bertz CT molecular complexity index is 973. The van der Waals surface area contributed by atoms with Gasteiger partial charge >= 0.3 is 0 Å². The van der Waals surface area contributed by atoms with Gasteiger partial charge in [0.05, 0.1) is 13.2 Å². The molecule has 1 amide bonds. The van der Waals surface area contributed by atoms with Crippen molar-refractivity contribution in [2.45, 2.75) is 38.3 Å². The number of nitrogens with one attached hydrogen (secondary N) is 2. The minimum absolute atomic E-state index is 0.0280. The van der Waals surface area contributed by atoms with Gasteiger partial charge in [-0.25, -0.2) is 0 Å². The fraction of sp³-hybridized carbons (Fsp3) is 0.333. The smallest absolute Gasteiger partial charge is 0.242 e. The van der Waals surface area contributed by atoms with E-state index in [0.717, 1.165) is 38.1 Å². The van der Waals surface area contributed by atoms with E-state index in [2.05, 4.69) is 51.9 Å². The third-order valence-electron chi connectivity index (χ3n) is 5.48. The van der Waals surface area contributed by atoms with Crippen LogP contribution in [-0.4, -0.2) is 35.3 Å². The Morgan fingerprint density at radius 1 is 1.23 bits per heavy atom. The lowest BCUT2D eigenvalue weighted by molar-refractivity contribution is -0.127. The summed E-state index contributed by atoms with van der Waals surface area (Å²) < 4.78 is 6.43. The summed E-state index contributed by atoms with van der Waals surface area (Å²) in [6.07, 6.45) is 0.432. The number of halogens is 1. The summed E-state index contributed by atoms with van der Waals surface area (Å²) in [5, 5.41) is 6.13. The lowest BCUT2D eigenvalue weighted by atomic mass is 9.92. The first-order valence-electron chi connectivity index (χ1n) is 9.93. The molecule has 158 valence electrons. The Kier molecular flexibility index (Phi) is 7.18. The molecule has 30 heavy (non-hydrogen) atoms. The zero-order valence-corrected chi connectivity index (χ0v) is 19.7. The number of hydrogen-bond acceptors (Lipinski definition) is 4. The number of rotatable bonds is 3. The van der Waals surface area contributed by atoms with Crippen LogP contribution in [-0.2, 0) is 16.0 Å². The topological polar surface area (TPSA) is 67.4 Å². The Balaban J connectivity index is 2.16. The highest BCUT2D eigenvalue weighted by molar-refractivity contribution is 14.1. The van der Waals surface area contributed by atoms with E-state index in [0.29, 0.717) is 6.42 Å². The van der Waals surface area contributed by atoms with Gasteiger partial charge in [0.1, 0.15) is 11.8 Å². The summed E-state index contributed by atoms with van der Waals surface area (Å²) in [5.74, 6) is 0.530. The summed E-state index contributed by atoms with van der Waals surface area (Å²) >= 11 is 2.34. The van der Waals surface area contributed by atoms with Crippen LogP contribution < -0.4 is 15.4 Å². The van der Waals surface area contributed by atoms with Crippen molar-refractivity contribution in [3.63, 3.8) is 0 Å². The molecule has 0 fully saturated rings. The molecule has 6 heteroatoms. The zero-order valence-electron chi connectivity index (χ0n) is 17.5. The van der Waals surface area contributed by atoms with Crippen LogP contribution in [0.4, 0.5) is 0 Å². The predicted molar refractivity (Wildman–Crippen MR) is 128 cm³/mol. The first-order valence-corrected chi connectivity index (χ1v) is 11.5. The molecule has 0 aromatic heterocycles. The second-order valence-electron chi connectivity index (χ2n) is 7.63. The second-order valence-corrected chi connectivity index (χ2v) is 8.51. The van der Waals surface area contributed by atoms with Gasteiger partial charge in [0.15, 0.2) is 5.78 Å². The lowest BCUT2D eigenvalue weighted by Gasteiger charge is -2.26. The van der Waals surface area contributed by atoms with Crippen molar-refractivity contribution in [3.05, 3.63) is 65.9 Å². The molecular formula is C24H27IN2O3. The summed E-state index contributed by atoms with van der Waals surface area (Å²) in [4.78, 5) is 25.0. The molecule has 0 spiro atoms. The monoisotopic (exact) mass is 518 g/mol. The van der Waals surface area contributed by atoms with Crippen LogP contribution in [0.25, 0.3) is 11.1 Å². The van der Waals surface area contributed by atoms with Crippen molar-refractivity contribution in [1.29, 1.82) is 0 Å². The fourth-order valence-corrected chi connectivity index (χ4v) is 4.73. The number of methoxy groups -OCH3 is 1. The van der Waals surface area contributed by atoms with E-state index < -0.39 is 12.1 Å². The number of fused-ring (bicyclic) bond motifs is 5. The van der Waals surface area contributed by atoms with E-state index in [1.54, 1.807) is 14.0 Å². The highest BCUT2D eigenvalue weighted by atomic mass is 127. The van der Waals surface area contributed by atoms with Crippen molar-refractivity contribution < 1.29 is 14.3 Å². The van der Waals surface area contributed by atoms with Crippen LogP contribution in [0.15, 0.2) is 54.7 Å². The van der Waals surface area contributed by atoms with Crippen LogP contribution in [0.3, 0.4) is 0 Å². The van der Waals surface area contributed by atoms with E-state index >= 15 is 0 Å². The maximum Gasteiger partial charge on any atom is 0.242 e. The number of ketones is 1. The molecular weight excluding hydrogens is 491 g/mol. The first-order chi connectivity index (χ1) is 14.3. The molecule has 4 bridgehead atoms. The van der Waals surface area contributed by atoms with E-state index in [4.69, 9.17) is 4.74 Å². The maximum absolute atomic E-state index is 12.7. The number of ether oxygens (including phenoxy) is 1. The Morgan fingerprint density at radius 3 is 2.67 bits per heavy atom. The SMILES string of the molecule is C=C1N[C@@H](C)C(=O)N[C@H](C(C)=O)Cc2cccc(c2)-c2cc(ccc2OC)[C@@H]1CI. The molecule has 0 unspecified atom stereocenters. The van der Waals surface area contributed by atoms with Gasteiger partial charge in [-0.1, -0.05) is 59.5 Å². The molecule has 2 N–H and O–H groups in total. The number of hydrogen-bond donors (Lipinski definition) is 2. The second kappa shape index (κ2) is 9.64. The number of amides is 1. The van der Waals surface area contributed by atoms with E-state index in [1.807, 2.05) is 30.3 Å². The number of allylic oxidation sites excluding steroid dienone is 1. The number of alkyl halides is 1. The van der Waals surface area contributed by atoms with E-state index in [1.165, 1.54) is 6.92 Å². The van der Waals surface area contributed by atoms with Crippen molar-refractivity contribution in [2.75, 3.05) is 11.5 Å². The Hall–Kier alpha value is -2.35. The summed E-state index contributed by atoms with van der Waals surface area (Å²) in [7, 11) is 1.67. The number of Topliss-reactive ketones (excluding diaryl/α,β-unsaturated/α-hetero) is 1. The molecule has 3 atom stereocenters. The molecule has 2 aromatic carbocycles. The average Bonchev–Trinajstić information content (AvgIpc) is 2.73. The van der Waals surface area contributed by atoms with Gasteiger partial charge in [0.2, 0.25) is 5.91 Å². The van der Waals surface area contributed by atoms with Gasteiger partial charge < -0.3 is 15.4 Å². The van der Waals surface area contributed by atoms with Gasteiger partial charge in [0.25, 0.3) is 0 Å². The van der Waals surface area contributed by atoms with Gasteiger partial charge in [-0.15, -0.1) is 0 Å². The first kappa shape index (κ1) is 22.3. The van der Waals surface area contributed by atoms with Gasteiger partial charge in [-0.05, 0) is 49.1 Å². The standard InChI is InChI=1S/C24H27IN2O3/c1-14-21(13-25)19-8-9-23(30-4)20(12-19)18-7-5-6-17(10-18)11-22(16(3)28)27-24(29)15(2)26-14/h5-10,12,15,21-22,26H,1,11,13H2,2-4H3,(H,27,29)/t15-,21+,22-/m0/s1. The predicted octanol–water partition coefficient (Wildman–Crippen LogP) is 4.00. The van der Waals surface area contributed by atoms with Crippen LogP contribution in [0.1, 0.15) is 30.9 Å². The molecule has 1 aliphatic rings. The molecule has 1 heterocycles. The number of carbonyl (C=O) groups is 2. The summed E-state index contributed by atoms with van der Waals surface area (Å²) in [6, 6.07) is 13.1. The molecule has 3 rings (SSSR count). The summed E-state index contributed by atoms with van der Waals surface area (Å²) in [5.41, 5.74) is 4.86. The molecule has 5 nitrogen and oxygen atoms in total. The van der Waals surface area contributed by atoms with Crippen molar-refractivity contribution in [1.82, 2.24) is 10.6 Å². The molecule has 0 aliphatic carbocycles. The normalized spacial score (nSPS) is 21.8. The Morgan fingerprint density at radius 2 is 2.00 bits per heavy atom. The van der Waals surface area contributed by atoms with Crippen molar-refractivity contribution >= 4 is 34.3 Å². The maximum atomic E-state index is 12.7. The van der Waals surface area contributed by atoms with Gasteiger partial charge in [-0.3, -0.25) is 9.59 Å². The lowest BCUT2D eigenvalue weighted by Crippen LogP contribution is -2.49. The fourth-order valence-electron chi connectivity index (χ4n) is 3.69. The highest BCUT2D eigenvalue weighted by Crippen LogP contribution is 2.35.